The molecule has 1 aromatic heterocycles. The summed E-state index contributed by atoms with van der Waals surface area (Å²) in [5.74, 6) is 0.0331. The molecule has 7 nitrogen and oxygen atoms in total. The quantitative estimate of drug-likeness (QED) is 0.817. The van der Waals surface area contributed by atoms with Crippen molar-refractivity contribution in [3.8, 4) is 0 Å². The molecule has 7 heteroatoms. The van der Waals surface area contributed by atoms with Gasteiger partial charge in [-0.1, -0.05) is 38.0 Å². The first kappa shape index (κ1) is 16.2. The Kier molecular flexibility index (Phi) is 4.88. The Labute approximate surface area is 140 Å². The average Bonchev–Trinajstić information content (AvgIpc) is 3.04. The lowest BCUT2D eigenvalue weighted by atomic mass is 10.2. The predicted molar refractivity (Wildman–Crippen MR) is 91.6 cm³/mol. The van der Waals surface area contributed by atoms with Crippen molar-refractivity contribution in [3.63, 3.8) is 0 Å². The molecule has 126 valence electrons. The molecule has 0 spiro atoms. The largest absolute Gasteiger partial charge is 0.350 e. The van der Waals surface area contributed by atoms with E-state index in [1.807, 2.05) is 35.2 Å². The van der Waals surface area contributed by atoms with E-state index >= 15 is 0 Å². The Balaban J connectivity index is 1.80. The summed E-state index contributed by atoms with van der Waals surface area (Å²) in [5, 5.41) is 10.7. The molecular formula is C17H21N5O2. The Bertz CT molecular complexity index is 772. The minimum absolute atomic E-state index is 0.134. The highest BCUT2D eigenvalue weighted by molar-refractivity contribution is 5.91. The molecule has 0 saturated heterocycles. The standard InChI is InChI=1S/C17H21N5O2/c1-2-3-7-10-18-15(23)14-16(24)22-12-11-21(17(22)20-19-14)13-8-5-4-6-9-13/h4-6,8-9H,2-3,7,10-12H2,1H3,(H,18,23). The fraction of sp³-hybridized carbons (Fsp3) is 0.412. The normalized spacial score (nSPS) is 13.0. The summed E-state index contributed by atoms with van der Waals surface area (Å²) in [6, 6.07) is 9.71. The number of hydrogen-bond donors (Lipinski definition) is 1. The van der Waals surface area contributed by atoms with Crippen molar-refractivity contribution in [3.05, 3.63) is 46.4 Å². The Morgan fingerprint density at radius 2 is 1.96 bits per heavy atom. The van der Waals surface area contributed by atoms with Crippen LogP contribution in [0, 0.1) is 0 Å². The topological polar surface area (TPSA) is 80.1 Å². The van der Waals surface area contributed by atoms with E-state index in [0.29, 0.717) is 25.6 Å². The summed E-state index contributed by atoms with van der Waals surface area (Å²) in [5.41, 5.74) is 0.436. The third-order valence-corrected chi connectivity index (χ3v) is 4.07. The predicted octanol–water partition coefficient (Wildman–Crippen LogP) is 1.71. The van der Waals surface area contributed by atoms with Crippen molar-refractivity contribution < 1.29 is 4.79 Å². The van der Waals surface area contributed by atoms with Gasteiger partial charge in [-0.15, -0.1) is 10.2 Å². The van der Waals surface area contributed by atoms with Crippen LogP contribution in [0.15, 0.2) is 35.1 Å². The number of amides is 1. The number of fused-ring (bicyclic) bond motifs is 1. The first-order chi connectivity index (χ1) is 11.7. The van der Waals surface area contributed by atoms with Gasteiger partial charge in [-0.3, -0.25) is 14.2 Å². The Hall–Kier alpha value is -2.70. The summed E-state index contributed by atoms with van der Waals surface area (Å²) < 4.78 is 1.51. The lowest BCUT2D eigenvalue weighted by Gasteiger charge is -2.16. The van der Waals surface area contributed by atoms with Gasteiger partial charge in [0.05, 0.1) is 0 Å². The molecule has 3 rings (SSSR count). The van der Waals surface area contributed by atoms with Gasteiger partial charge in [-0.05, 0) is 18.6 Å². The number of para-hydroxylation sites is 1. The first-order valence-corrected chi connectivity index (χ1v) is 8.30. The second-order valence-electron chi connectivity index (χ2n) is 5.76. The Morgan fingerprint density at radius 3 is 2.71 bits per heavy atom. The van der Waals surface area contributed by atoms with Crippen molar-refractivity contribution in [2.24, 2.45) is 0 Å². The number of rotatable bonds is 6. The molecule has 0 unspecified atom stereocenters. The number of nitrogens with zero attached hydrogens (tertiary/aromatic N) is 4. The summed E-state index contributed by atoms with van der Waals surface area (Å²) in [4.78, 5) is 26.6. The fourth-order valence-electron chi connectivity index (χ4n) is 2.77. The first-order valence-electron chi connectivity index (χ1n) is 8.30. The maximum atomic E-state index is 12.5. The number of unbranched alkanes of at least 4 members (excludes halogenated alkanes) is 2. The highest BCUT2D eigenvalue weighted by Gasteiger charge is 2.26. The number of hydrogen-bond acceptors (Lipinski definition) is 5. The highest BCUT2D eigenvalue weighted by atomic mass is 16.2. The van der Waals surface area contributed by atoms with Crippen molar-refractivity contribution in [2.45, 2.75) is 32.7 Å². The lowest BCUT2D eigenvalue weighted by Crippen LogP contribution is -2.35. The second kappa shape index (κ2) is 7.25. The number of aromatic nitrogens is 3. The summed E-state index contributed by atoms with van der Waals surface area (Å²) >= 11 is 0. The fourth-order valence-corrected chi connectivity index (χ4v) is 2.77. The van der Waals surface area contributed by atoms with Crippen LogP contribution >= 0.6 is 0 Å². The average molecular weight is 327 g/mol. The van der Waals surface area contributed by atoms with Gasteiger partial charge in [0.15, 0.2) is 0 Å². The zero-order valence-electron chi connectivity index (χ0n) is 13.7. The molecular weight excluding hydrogens is 306 g/mol. The number of anilines is 2. The van der Waals surface area contributed by atoms with Crippen LogP contribution in [-0.2, 0) is 6.54 Å². The molecule has 1 N–H and O–H groups in total. The summed E-state index contributed by atoms with van der Waals surface area (Å²) in [6.07, 6.45) is 3.01. The van der Waals surface area contributed by atoms with E-state index in [2.05, 4.69) is 22.4 Å². The van der Waals surface area contributed by atoms with E-state index in [0.717, 1.165) is 24.9 Å². The molecule has 0 saturated carbocycles. The van der Waals surface area contributed by atoms with Crippen LogP contribution in [0.3, 0.4) is 0 Å². The molecule has 24 heavy (non-hydrogen) atoms. The van der Waals surface area contributed by atoms with Crippen molar-refractivity contribution in [1.29, 1.82) is 0 Å². The number of carbonyl (C=O) groups is 1. The zero-order chi connectivity index (χ0) is 16.9. The van der Waals surface area contributed by atoms with E-state index in [4.69, 9.17) is 0 Å². The maximum Gasteiger partial charge on any atom is 0.286 e. The van der Waals surface area contributed by atoms with Gasteiger partial charge in [0.1, 0.15) is 0 Å². The van der Waals surface area contributed by atoms with E-state index in [-0.39, 0.29) is 11.3 Å². The van der Waals surface area contributed by atoms with Gasteiger partial charge < -0.3 is 10.2 Å². The third kappa shape index (κ3) is 3.15. The van der Waals surface area contributed by atoms with Gasteiger partial charge in [-0.25, -0.2) is 0 Å². The highest BCUT2D eigenvalue weighted by Crippen LogP contribution is 2.25. The minimum atomic E-state index is -0.447. The Morgan fingerprint density at radius 1 is 1.17 bits per heavy atom. The number of carbonyl (C=O) groups excluding carboxylic acids is 1. The van der Waals surface area contributed by atoms with Crippen LogP contribution in [0.25, 0.3) is 0 Å². The van der Waals surface area contributed by atoms with Gasteiger partial charge in [0, 0.05) is 25.3 Å². The molecule has 1 aliphatic heterocycles. The van der Waals surface area contributed by atoms with Crippen molar-refractivity contribution in [1.82, 2.24) is 20.1 Å². The maximum absolute atomic E-state index is 12.5. The van der Waals surface area contributed by atoms with Crippen molar-refractivity contribution >= 4 is 17.5 Å². The third-order valence-electron chi connectivity index (χ3n) is 4.07. The van der Waals surface area contributed by atoms with Crippen molar-refractivity contribution in [2.75, 3.05) is 18.0 Å². The molecule has 2 heterocycles. The summed E-state index contributed by atoms with van der Waals surface area (Å²) in [7, 11) is 0. The molecule has 0 fully saturated rings. The molecule has 0 bridgehead atoms. The van der Waals surface area contributed by atoms with Crippen LogP contribution in [-0.4, -0.2) is 33.8 Å². The van der Waals surface area contributed by atoms with Gasteiger partial charge in [0.25, 0.3) is 11.5 Å². The van der Waals surface area contributed by atoms with E-state index in [1.54, 1.807) is 0 Å². The van der Waals surface area contributed by atoms with Gasteiger partial charge >= 0.3 is 0 Å². The SMILES string of the molecule is CCCCCNC(=O)c1nnc2n(c1=O)CCN2c1ccccc1. The molecule has 1 aromatic carbocycles. The van der Waals surface area contributed by atoms with Crippen LogP contribution in [0.1, 0.15) is 36.7 Å². The van der Waals surface area contributed by atoms with Gasteiger partial charge in [0.2, 0.25) is 11.6 Å². The van der Waals surface area contributed by atoms with Crippen LogP contribution in [0.5, 0.6) is 0 Å². The molecule has 0 atom stereocenters. The zero-order valence-corrected chi connectivity index (χ0v) is 13.7. The van der Waals surface area contributed by atoms with Crippen LogP contribution < -0.4 is 15.8 Å². The van der Waals surface area contributed by atoms with E-state index < -0.39 is 5.91 Å². The lowest BCUT2D eigenvalue weighted by molar-refractivity contribution is 0.0944. The second-order valence-corrected chi connectivity index (χ2v) is 5.76. The monoisotopic (exact) mass is 327 g/mol. The molecule has 2 aromatic rings. The minimum Gasteiger partial charge on any atom is -0.350 e. The molecule has 1 aliphatic rings. The smallest absolute Gasteiger partial charge is 0.286 e. The van der Waals surface area contributed by atoms with E-state index in [1.165, 1.54) is 4.57 Å². The van der Waals surface area contributed by atoms with Crippen LogP contribution in [0.4, 0.5) is 11.6 Å². The number of nitrogens with one attached hydrogen (secondary N) is 1. The van der Waals surface area contributed by atoms with Crippen LogP contribution in [0.2, 0.25) is 0 Å². The number of benzene rings is 1. The molecule has 0 aliphatic carbocycles. The van der Waals surface area contributed by atoms with E-state index in [9.17, 15) is 9.59 Å². The van der Waals surface area contributed by atoms with Gasteiger partial charge in [-0.2, -0.15) is 0 Å². The molecule has 0 radical (unpaired) electrons. The summed E-state index contributed by atoms with van der Waals surface area (Å²) in [6.45, 7) is 3.77. The molecule has 1 amide bonds.